The maximum Gasteiger partial charge on any atom is 0.211 e. The summed E-state index contributed by atoms with van der Waals surface area (Å²) in [5, 5.41) is 2.84. The second kappa shape index (κ2) is 9.06. The first-order chi connectivity index (χ1) is 9.80. The maximum atomic E-state index is 10.7. The summed E-state index contributed by atoms with van der Waals surface area (Å²) in [4.78, 5) is 13.3. The van der Waals surface area contributed by atoms with Gasteiger partial charge in [0, 0.05) is 11.7 Å². The number of nitrogens with zero attached hydrogens (tertiary/aromatic N) is 1. The third-order valence-electron chi connectivity index (χ3n) is 4.21. The Morgan fingerprint density at radius 3 is 2.62 bits per heavy atom. The van der Waals surface area contributed by atoms with E-state index in [4.69, 9.17) is 0 Å². The number of carbonyl (C=O) groups excluding carboxylic acids is 1. The minimum atomic E-state index is 0. The maximum absolute atomic E-state index is 10.7. The van der Waals surface area contributed by atoms with E-state index in [0.29, 0.717) is 6.04 Å². The van der Waals surface area contributed by atoms with Gasteiger partial charge in [-0.25, -0.2) is 0 Å². The van der Waals surface area contributed by atoms with Crippen molar-refractivity contribution in [2.24, 2.45) is 0 Å². The molecule has 2 rings (SSSR count). The molecule has 1 atom stereocenters. The van der Waals surface area contributed by atoms with E-state index >= 15 is 0 Å². The van der Waals surface area contributed by atoms with Gasteiger partial charge < -0.3 is 10.2 Å². The van der Waals surface area contributed by atoms with Crippen molar-refractivity contribution in [2.75, 3.05) is 18.4 Å². The Kier molecular flexibility index (Phi) is 7.76. The Labute approximate surface area is 134 Å². The number of nitrogens with one attached hydrogen (secondary N) is 1. The van der Waals surface area contributed by atoms with Gasteiger partial charge in [-0.05, 0) is 62.4 Å². The second-order valence-electron chi connectivity index (χ2n) is 5.64. The zero-order valence-electron chi connectivity index (χ0n) is 13.1. The van der Waals surface area contributed by atoms with E-state index in [9.17, 15) is 4.79 Å². The molecule has 0 bridgehead atoms. The lowest BCUT2D eigenvalue weighted by molar-refractivity contribution is -0.105. The van der Waals surface area contributed by atoms with Crippen LogP contribution in [0.3, 0.4) is 0 Å². The second-order valence-corrected chi connectivity index (χ2v) is 5.64. The molecule has 118 valence electrons. The van der Waals surface area contributed by atoms with Gasteiger partial charge in [0.15, 0.2) is 0 Å². The molecule has 1 aromatic carbocycles. The summed E-state index contributed by atoms with van der Waals surface area (Å²) < 4.78 is 0. The normalized spacial score (nSPS) is 17.0. The van der Waals surface area contributed by atoms with Gasteiger partial charge in [-0.2, -0.15) is 0 Å². The van der Waals surface area contributed by atoms with Crippen LogP contribution in [0.4, 0.5) is 5.69 Å². The molecule has 0 saturated carbocycles. The van der Waals surface area contributed by atoms with Crippen LogP contribution >= 0.6 is 12.4 Å². The third-order valence-corrected chi connectivity index (χ3v) is 4.21. The van der Waals surface area contributed by atoms with Gasteiger partial charge in [0.25, 0.3) is 0 Å². The number of halogens is 1. The number of hydrogen-bond acceptors (Lipinski definition) is 2. The van der Waals surface area contributed by atoms with E-state index in [0.717, 1.165) is 24.9 Å². The molecule has 0 aromatic heterocycles. The minimum absolute atomic E-state index is 0. The highest BCUT2D eigenvalue weighted by Gasteiger charge is 2.24. The van der Waals surface area contributed by atoms with Crippen LogP contribution < -0.4 is 5.32 Å². The number of rotatable bonds is 7. The van der Waals surface area contributed by atoms with Gasteiger partial charge in [-0.3, -0.25) is 4.79 Å². The van der Waals surface area contributed by atoms with E-state index < -0.39 is 0 Å². The van der Waals surface area contributed by atoms with Crippen LogP contribution in [0.15, 0.2) is 18.2 Å². The Hall–Kier alpha value is -1.06. The molecule has 1 N–H and O–H groups in total. The highest BCUT2D eigenvalue weighted by Crippen LogP contribution is 2.30. The van der Waals surface area contributed by atoms with E-state index in [1.165, 1.54) is 43.5 Å². The van der Waals surface area contributed by atoms with Crippen molar-refractivity contribution < 1.29 is 4.79 Å². The average Bonchev–Trinajstić information content (AvgIpc) is 2.47. The molecule has 1 aliphatic carbocycles. The molecule has 1 aliphatic rings. The lowest BCUT2D eigenvalue weighted by Crippen LogP contribution is -2.40. The van der Waals surface area contributed by atoms with E-state index in [2.05, 4.69) is 36.2 Å². The number of benzene rings is 1. The summed E-state index contributed by atoms with van der Waals surface area (Å²) in [6.45, 7) is 6.90. The zero-order valence-corrected chi connectivity index (χ0v) is 13.9. The molecule has 21 heavy (non-hydrogen) atoms. The monoisotopic (exact) mass is 310 g/mol. The first-order valence-corrected chi connectivity index (χ1v) is 7.85. The molecule has 0 spiro atoms. The van der Waals surface area contributed by atoms with Gasteiger partial charge in [0.1, 0.15) is 0 Å². The molecule has 0 radical (unpaired) electrons. The smallest absolute Gasteiger partial charge is 0.211 e. The van der Waals surface area contributed by atoms with E-state index in [-0.39, 0.29) is 12.4 Å². The molecule has 0 fully saturated rings. The number of anilines is 1. The SMILES string of the molecule is CCCN(CCC)C1CCc2c(cccc2NC=O)C1.Cl. The fourth-order valence-electron chi connectivity index (χ4n) is 3.35. The first-order valence-electron chi connectivity index (χ1n) is 7.85. The molecule has 0 heterocycles. The summed E-state index contributed by atoms with van der Waals surface area (Å²) >= 11 is 0. The number of hydrogen-bond donors (Lipinski definition) is 1. The van der Waals surface area contributed by atoms with E-state index in [1.54, 1.807) is 0 Å². The minimum Gasteiger partial charge on any atom is -0.328 e. The predicted octanol–water partition coefficient (Wildman–Crippen LogP) is 3.66. The van der Waals surface area contributed by atoms with Crippen molar-refractivity contribution in [1.29, 1.82) is 0 Å². The van der Waals surface area contributed by atoms with Crippen molar-refractivity contribution in [2.45, 2.75) is 52.0 Å². The highest BCUT2D eigenvalue weighted by atomic mass is 35.5. The van der Waals surface area contributed by atoms with Crippen molar-refractivity contribution in [3.8, 4) is 0 Å². The number of amides is 1. The number of carbonyl (C=O) groups is 1. The summed E-state index contributed by atoms with van der Waals surface area (Å²) in [6, 6.07) is 6.93. The summed E-state index contributed by atoms with van der Waals surface area (Å²) in [5.74, 6) is 0. The summed E-state index contributed by atoms with van der Waals surface area (Å²) in [5.41, 5.74) is 3.74. The standard InChI is InChI=1S/C17H26N2O.ClH/c1-3-10-19(11-4-2)15-8-9-16-14(12-15)6-5-7-17(16)18-13-20;/h5-7,13,15H,3-4,8-12H2,1-2H3,(H,18,20);1H. The predicted molar refractivity (Wildman–Crippen MR) is 91.3 cm³/mol. The van der Waals surface area contributed by atoms with Crippen molar-refractivity contribution in [1.82, 2.24) is 4.90 Å². The van der Waals surface area contributed by atoms with Crippen LogP contribution in [0, 0.1) is 0 Å². The molecule has 1 unspecified atom stereocenters. The van der Waals surface area contributed by atoms with Crippen LogP contribution in [0.5, 0.6) is 0 Å². The summed E-state index contributed by atoms with van der Waals surface area (Å²) in [6.07, 6.45) is 6.60. The van der Waals surface area contributed by atoms with Gasteiger partial charge in [-0.1, -0.05) is 26.0 Å². The van der Waals surface area contributed by atoms with Gasteiger partial charge in [0.2, 0.25) is 6.41 Å². The van der Waals surface area contributed by atoms with Crippen LogP contribution in [0.1, 0.15) is 44.2 Å². The Morgan fingerprint density at radius 2 is 2.00 bits per heavy atom. The molecule has 1 amide bonds. The topological polar surface area (TPSA) is 32.3 Å². The van der Waals surface area contributed by atoms with Crippen molar-refractivity contribution in [3.05, 3.63) is 29.3 Å². The summed E-state index contributed by atoms with van der Waals surface area (Å²) in [7, 11) is 0. The average molecular weight is 311 g/mol. The van der Waals surface area contributed by atoms with Crippen LogP contribution in [0.25, 0.3) is 0 Å². The molecule has 0 aliphatic heterocycles. The van der Waals surface area contributed by atoms with Crippen LogP contribution in [-0.2, 0) is 17.6 Å². The Morgan fingerprint density at radius 1 is 1.29 bits per heavy atom. The highest BCUT2D eigenvalue weighted by molar-refractivity contribution is 5.85. The van der Waals surface area contributed by atoms with Gasteiger partial charge in [0.05, 0.1) is 0 Å². The molecular weight excluding hydrogens is 284 g/mol. The Balaban J connectivity index is 0.00000220. The van der Waals surface area contributed by atoms with Gasteiger partial charge in [-0.15, -0.1) is 12.4 Å². The molecule has 0 saturated heterocycles. The fourth-order valence-corrected chi connectivity index (χ4v) is 3.35. The lowest BCUT2D eigenvalue weighted by atomic mass is 9.86. The molecule has 4 heteroatoms. The number of fused-ring (bicyclic) bond motifs is 1. The van der Waals surface area contributed by atoms with Crippen LogP contribution in [-0.4, -0.2) is 30.4 Å². The third kappa shape index (κ3) is 4.45. The Bertz CT molecular complexity index is 444. The van der Waals surface area contributed by atoms with Crippen molar-refractivity contribution in [3.63, 3.8) is 0 Å². The zero-order chi connectivity index (χ0) is 14.4. The van der Waals surface area contributed by atoms with Gasteiger partial charge >= 0.3 is 0 Å². The molecule has 3 nitrogen and oxygen atoms in total. The van der Waals surface area contributed by atoms with E-state index in [1.807, 2.05) is 6.07 Å². The largest absolute Gasteiger partial charge is 0.328 e. The first kappa shape index (κ1) is 18.0. The molecular formula is C17H27ClN2O. The molecule has 1 aromatic rings. The fraction of sp³-hybridized carbons (Fsp3) is 0.588. The van der Waals surface area contributed by atoms with Crippen LogP contribution in [0.2, 0.25) is 0 Å². The quantitative estimate of drug-likeness (QED) is 0.780. The lowest BCUT2D eigenvalue weighted by Gasteiger charge is -2.35. The van der Waals surface area contributed by atoms with Crippen molar-refractivity contribution >= 4 is 24.5 Å².